The van der Waals surface area contributed by atoms with Gasteiger partial charge in [-0.1, -0.05) is 12.0 Å². The summed E-state index contributed by atoms with van der Waals surface area (Å²) in [6, 6.07) is 5.50. The highest BCUT2D eigenvalue weighted by atomic mass is 16.5. The Morgan fingerprint density at radius 3 is 2.65 bits per heavy atom. The summed E-state index contributed by atoms with van der Waals surface area (Å²) < 4.78 is 4.55. The molecule has 0 aliphatic rings. The Bertz CT molecular complexity index is 618. The molecule has 5 heteroatoms. The third kappa shape index (κ3) is 4.41. The van der Waals surface area contributed by atoms with Gasteiger partial charge in [0.2, 0.25) is 0 Å². The van der Waals surface area contributed by atoms with E-state index in [0.717, 1.165) is 16.5 Å². The zero-order valence-electron chi connectivity index (χ0n) is 11.8. The summed E-state index contributed by atoms with van der Waals surface area (Å²) in [4.78, 5) is 9.60. The molecule has 0 atom stereocenters. The lowest BCUT2D eigenvalue weighted by atomic mass is 10.1. The van der Waals surface area contributed by atoms with Gasteiger partial charge in [0.05, 0.1) is 12.1 Å². The van der Waals surface area contributed by atoms with E-state index >= 15 is 0 Å². The van der Waals surface area contributed by atoms with Gasteiger partial charge in [0, 0.05) is 5.39 Å². The number of terminal acetylenes is 1. The highest BCUT2D eigenvalue weighted by Gasteiger charge is 2.07. The zero-order chi connectivity index (χ0) is 15.2. The number of carbonyl (C=O) groups excluding carboxylic acids is 1. The molecule has 5 nitrogen and oxygen atoms in total. The second kappa shape index (κ2) is 6.73. The summed E-state index contributed by atoms with van der Waals surface area (Å²) in [7, 11) is 0. The maximum absolute atomic E-state index is 9.60. The Balaban J connectivity index is 0.000000246. The molecule has 0 aliphatic carbocycles. The summed E-state index contributed by atoms with van der Waals surface area (Å²) in [5, 5.41) is 16.6. The van der Waals surface area contributed by atoms with Crippen molar-refractivity contribution in [2.75, 3.05) is 0 Å². The van der Waals surface area contributed by atoms with Crippen LogP contribution in [0.4, 0.5) is 0 Å². The second-order valence-corrected chi connectivity index (χ2v) is 5.08. The number of benzene rings is 1. The van der Waals surface area contributed by atoms with Gasteiger partial charge >= 0.3 is 0 Å². The van der Waals surface area contributed by atoms with Crippen molar-refractivity contribution < 1.29 is 14.6 Å². The van der Waals surface area contributed by atoms with Gasteiger partial charge in [-0.3, -0.25) is 9.89 Å². The van der Waals surface area contributed by atoms with Crippen LogP contribution in [0.3, 0.4) is 0 Å². The quantitative estimate of drug-likeness (QED) is 0.648. The largest absolute Gasteiger partial charge is 0.462 e. The van der Waals surface area contributed by atoms with Crippen LogP contribution in [-0.4, -0.2) is 27.4 Å². The third-order valence-electron chi connectivity index (χ3n) is 2.35. The van der Waals surface area contributed by atoms with Crippen molar-refractivity contribution in [1.82, 2.24) is 10.2 Å². The zero-order valence-corrected chi connectivity index (χ0v) is 11.8. The van der Waals surface area contributed by atoms with Crippen molar-refractivity contribution in [3.63, 3.8) is 0 Å². The van der Waals surface area contributed by atoms with Crippen LogP contribution in [0, 0.1) is 12.3 Å². The summed E-state index contributed by atoms with van der Waals surface area (Å²) >= 11 is 0. The maximum atomic E-state index is 9.60. The number of ether oxygens (including phenoxy) is 1. The summed E-state index contributed by atoms with van der Waals surface area (Å²) in [6.07, 6.45) is 5.27. The van der Waals surface area contributed by atoms with Crippen molar-refractivity contribution in [3.8, 4) is 12.3 Å². The number of fused-ring (bicyclic) bond motifs is 1. The number of aromatic amines is 1. The van der Waals surface area contributed by atoms with E-state index in [0.29, 0.717) is 12.2 Å². The van der Waals surface area contributed by atoms with Crippen molar-refractivity contribution in [3.05, 3.63) is 29.5 Å². The SMILES string of the molecule is C#Cc1[nH]nc2ccc(CO)cc12.CC(C)(C)OC=O. The van der Waals surface area contributed by atoms with E-state index in [1.54, 1.807) is 0 Å². The molecule has 20 heavy (non-hydrogen) atoms. The highest BCUT2D eigenvalue weighted by Crippen LogP contribution is 2.16. The average molecular weight is 274 g/mol. The predicted octanol–water partition coefficient (Wildman–Crippen LogP) is 1.99. The lowest BCUT2D eigenvalue weighted by Gasteiger charge is -2.14. The van der Waals surface area contributed by atoms with Gasteiger partial charge in [-0.2, -0.15) is 5.10 Å². The first-order chi connectivity index (χ1) is 9.41. The third-order valence-corrected chi connectivity index (χ3v) is 2.35. The number of aromatic nitrogens is 2. The number of hydrogen-bond donors (Lipinski definition) is 2. The number of nitrogens with zero attached hydrogens (tertiary/aromatic N) is 1. The number of carbonyl (C=O) groups is 1. The van der Waals surface area contributed by atoms with E-state index in [1.807, 2.05) is 39.0 Å². The van der Waals surface area contributed by atoms with E-state index in [4.69, 9.17) is 11.5 Å². The topological polar surface area (TPSA) is 75.2 Å². The summed E-state index contributed by atoms with van der Waals surface area (Å²) in [5.41, 5.74) is 2.00. The molecule has 2 aromatic rings. The van der Waals surface area contributed by atoms with Crippen molar-refractivity contribution in [1.29, 1.82) is 0 Å². The van der Waals surface area contributed by atoms with E-state index in [9.17, 15) is 4.79 Å². The van der Waals surface area contributed by atoms with Crippen LogP contribution in [0.2, 0.25) is 0 Å². The number of nitrogens with one attached hydrogen (secondary N) is 1. The fraction of sp³-hybridized carbons (Fsp3) is 0.333. The number of rotatable bonds is 2. The van der Waals surface area contributed by atoms with Gasteiger partial charge in [-0.15, -0.1) is 6.42 Å². The van der Waals surface area contributed by atoms with Crippen LogP contribution in [0.15, 0.2) is 18.2 Å². The molecule has 0 radical (unpaired) electrons. The molecule has 106 valence electrons. The lowest BCUT2D eigenvalue weighted by Crippen LogP contribution is -2.17. The van der Waals surface area contributed by atoms with Crippen LogP contribution < -0.4 is 0 Å². The number of aliphatic hydroxyl groups is 1. The maximum Gasteiger partial charge on any atom is 0.293 e. The Labute approximate surface area is 118 Å². The molecule has 0 saturated carbocycles. The molecule has 0 saturated heterocycles. The molecule has 1 heterocycles. The van der Waals surface area contributed by atoms with Gasteiger partial charge in [0.15, 0.2) is 0 Å². The molecule has 0 spiro atoms. The van der Waals surface area contributed by atoms with Gasteiger partial charge in [0.25, 0.3) is 6.47 Å². The van der Waals surface area contributed by atoms with Crippen molar-refractivity contribution in [2.24, 2.45) is 0 Å². The van der Waals surface area contributed by atoms with E-state index < -0.39 is 0 Å². The molecular formula is C15H18N2O3. The lowest BCUT2D eigenvalue weighted by molar-refractivity contribution is -0.138. The summed E-state index contributed by atoms with van der Waals surface area (Å²) in [6.45, 7) is 5.94. The second-order valence-electron chi connectivity index (χ2n) is 5.08. The normalized spacial score (nSPS) is 10.3. The standard InChI is InChI=1S/C10H8N2O.C5H10O2/c1-2-9-8-5-7(6-13)3-4-10(8)12-11-9;1-5(2,3)7-4-6/h1,3-5,13H,6H2,(H,11,12);4H,1-3H3. The van der Waals surface area contributed by atoms with E-state index in [1.165, 1.54) is 0 Å². The van der Waals surface area contributed by atoms with Gasteiger partial charge in [0.1, 0.15) is 11.3 Å². The Morgan fingerprint density at radius 2 is 2.20 bits per heavy atom. The smallest absolute Gasteiger partial charge is 0.293 e. The first-order valence-corrected chi connectivity index (χ1v) is 6.07. The minimum atomic E-state index is -0.318. The fourth-order valence-corrected chi connectivity index (χ4v) is 1.41. The van der Waals surface area contributed by atoms with Gasteiger partial charge in [-0.25, -0.2) is 0 Å². The monoisotopic (exact) mass is 274 g/mol. The Morgan fingerprint density at radius 1 is 1.50 bits per heavy atom. The van der Waals surface area contributed by atoms with Crippen LogP contribution in [0.1, 0.15) is 32.0 Å². The van der Waals surface area contributed by atoms with Crippen LogP contribution in [0.5, 0.6) is 0 Å². The number of aliphatic hydroxyl groups excluding tert-OH is 1. The van der Waals surface area contributed by atoms with Crippen LogP contribution in [-0.2, 0) is 16.1 Å². The first-order valence-electron chi connectivity index (χ1n) is 6.07. The molecule has 2 rings (SSSR count). The van der Waals surface area contributed by atoms with Crippen LogP contribution >= 0.6 is 0 Å². The molecule has 0 fully saturated rings. The van der Waals surface area contributed by atoms with E-state index in [-0.39, 0.29) is 12.2 Å². The molecule has 2 N–H and O–H groups in total. The molecular weight excluding hydrogens is 256 g/mol. The summed E-state index contributed by atoms with van der Waals surface area (Å²) in [5.74, 6) is 2.50. The molecule has 1 aromatic heterocycles. The molecule has 0 bridgehead atoms. The van der Waals surface area contributed by atoms with Gasteiger partial charge in [-0.05, 0) is 38.5 Å². The van der Waals surface area contributed by atoms with Crippen molar-refractivity contribution >= 4 is 17.4 Å². The first kappa shape index (κ1) is 15.7. The molecule has 0 amide bonds. The van der Waals surface area contributed by atoms with Crippen LogP contribution in [0.25, 0.3) is 10.9 Å². The minimum Gasteiger partial charge on any atom is -0.462 e. The van der Waals surface area contributed by atoms with E-state index in [2.05, 4.69) is 20.9 Å². The van der Waals surface area contributed by atoms with Crippen molar-refractivity contribution in [2.45, 2.75) is 33.0 Å². The fourth-order valence-electron chi connectivity index (χ4n) is 1.41. The highest BCUT2D eigenvalue weighted by molar-refractivity contribution is 5.84. The molecule has 0 aliphatic heterocycles. The average Bonchev–Trinajstić information content (AvgIpc) is 2.79. The van der Waals surface area contributed by atoms with Gasteiger partial charge < -0.3 is 9.84 Å². The molecule has 1 aromatic carbocycles. The minimum absolute atomic E-state index is 0.0190. The number of H-pyrrole nitrogens is 1. The predicted molar refractivity (Wildman–Crippen MR) is 76.9 cm³/mol. The molecule has 0 unspecified atom stereocenters. The number of hydrogen-bond acceptors (Lipinski definition) is 4. The Kier molecular flexibility index (Phi) is 5.30. The Hall–Kier alpha value is -2.32.